The molecule has 0 amide bonds. The molecule has 18 heavy (non-hydrogen) atoms. The average Bonchev–Trinajstić information content (AvgIpc) is 2.24. The van der Waals surface area contributed by atoms with Gasteiger partial charge in [0.1, 0.15) is 0 Å². The van der Waals surface area contributed by atoms with Gasteiger partial charge in [-0.2, -0.15) is 0 Å². The lowest BCUT2D eigenvalue weighted by Crippen LogP contribution is -2.19. The summed E-state index contributed by atoms with van der Waals surface area (Å²) in [4.78, 5) is 9.95. The first-order valence-corrected chi connectivity index (χ1v) is 9.60. The topological polar surface area (TPSA) is 72.6 Å². The summed E-state index contributed by atoms with van der Waals surface area (Å²) < 4.78 is 5.42. The van der Waals surface area contributed by atoms with E-state index in [1.807, 2.05) is 0 Å². The number of phenolic OH excluding ortho intramolecular Hbond substituents is 1. The van der Waals surface area contributed by atoms with Gasteiger partial charge in [-0.25, -0.2) is 0 Å². The molecule has 0 saturated carbocycles. The highest BCUT2D eigenvalue weighted by Gasteiger charge is 2.13. The largest absolute Gasteiger partial charge is 0.504 e. The molecule has 0 unspecified atom stereocenters. The first-order chi connectivity index (χ1) is 8.29. The van der Waals surface area contributed by atoms with Crippen molar-refractivity contribution in [2.24, 2.45) is 0 Å². The predicted octanol–water partition coefficient (Wildman–Crippen LogP) is 3.41. The molecular formula is C12H19NO4Si. The molecule has 0 spiro atoms. The van der Waals surface area contributed by atoms with Crippen molar-refractivity contribution in [3.8, 4) is 11.5 Å². The van der Waals surface area contributed by atoms with Gasteiger partial charge < -0.3 is 9.84 Å². The molecule has 1 aromatic rings. The fourth-order valence-corrected chi connectivity index (χ4v) is 2.73. The van der Waals surface area contributed by atoms with Gasteiger partial charge >= 0.3 is 0 Å². The number of ether oxygens (including phenoxy) is 1. The molecule has 0 atom stereocenters. The summed E-state index contributed by atoms with van der Waals surface area (Å²) >= 11 is 0. The first-order valence-electron chi connectivity index (χ1n) is 5.90. The van der Waals surface area contributed by atoms with E-state index in [1.54, 1.807) is 0 Å². The highest BCUT2D eigenvalue weighted by Crippen LogP contribution is 2.30. The van der Waals surface area contributed by atoms with Crippen LogP contribution in [0.3, 0.4) is 0 Å². The molecule has 1 N–H and O–H groups in total. The van der Waals surface area contributed by atoms with Crippen LogP contribution in [0.5, 0.6) is 11.5 Å². The molecule has 0 radical (unpaired) electrons. The number of nitro groups is 1. The van der Waals surface area contributed by atoms with E-state index < -0.39 is 13.0 Å². The van der Waals surface area contributed by atoms with Crippen LogP contribution in [0.1, 0.15) is 6.42 Å². The Labute approximate surface area is 108 Å². The van der Waals surface area contributed by atoms with Crippen molar-refractivity contribution in [1.82, 2.24) is 0 Å². The Balaban J connectivity index is 2.51. The lowest BCUT2D eigenvalue weighted by molar-refractivity contribution is -0.385. The van der Waals surface area contributed by atoms with Crippen molar-refractivity contribution in [2.75, 3.05) is 6.61 Å². The molecule has 0 aliphatic heterocycles. The van der Waals surface area contributed by atoms with Gasteiger partial charge in [0.2, 0.25) is 0 Å². The van der Waals surface area contributed by atoms with Gasteiger partial charge in [0.15, 0.2) is 11.5 Å². The molecule has 1 rings (SSSR count). The van der Waals surface area contributed by atoms with E-state index in [1.165, 1.54) is 12.1 Å². The Morgan fingerprint density at radius 1 is 1.39 bits per heavy atom. The van der Waals surface area contributed by atoms with Crippen molar-refractivity contribution >= 4 is 13.8 Å². The van der Waals surface area contributed by atoms with Crippen molar-refractivity contribution in [1.29, 1.82) is 0 Å². The van der Waals surface area contributed by atoms with Crippen molar-refractivity contribution < 1.29 is 14.8 Å². The Bertz CT molecular complexity index is 429. The molecule has 0 fully saturated rings. The zero-order valence-electron chi connectivity index (χ0n) is 11.0. The lowest BCUT2D eigenvalue weighted by Gasteiger charge is -2.15. The highest BCUT2D eigenvalue weighted by molar-refractivity contribution is 6.76. The number of non-ortho nitro benzene ring substituents is 1. The number of nitro benzene ring substituents is 1. The minimum absolute atomic E-state index is 0.137. The van der Waals surface area contributed by atoms with E-state index in [2.05, 4.69) is 19.6 Å². The zero-order valence-corrected chi connectivity index (χ0v) is 12.0. The third-order valence-corrected chi connectivity index (χ3v) is 4.34. The second-order valence-corrected chi connectivity index (χ2v) is 11.0. The molecule has 0 saturated heterocycles. The highest BCUT2D eigenvalue weighted by atomic mass is 28.3. The normalized spacial score (nSPS) is 11.3. The molecule has 0 aliphatic carbocycles. The standard InChI is InChI=1S/C12H19NO4Si/c1-18(2,3)8-4-7-17-12-6-5-10(13(15)16)9-11(12)14/h5-6,9,14H,4,7-8H2,1-3H3. The number of hydrogen-bond acceptors (Lipinski definition) is 4. The van der Waals surface area contributed by atoms with Crippen molar-refractivity contribution in [3.05, 3.63) is 28.3 Å². The van der Waals surface area contributed by atoms with E-state index in [4.69, 9.17) is 4.74 Å². The molecule has 6 heteroatoms. The summed E-state index contributed by atoms with van der Waals surface area (Å²) in [5.74, 6) is 0.119. The summed E-state index contributed by atoms with van der Waals surface area (Å²) in [6.45, 7) is 7.39. The van der Waals surface area contributed by atoms with Gasteiger partial charge in [-0.05, 0) is 12.5 Å². The van der Waals surface area contributed by atoms with Crippen LogP contribution in [0.25, 0.3) is 0 Å². The SMILES string of the molecule is C[Si](C)(C)CCCOc1ccc([N+](=O)[O-])cc1O. The fourth-order valence-electron chi connectivity index (χ4n) is 1.53. The van der Waals surface area contributed by atoms with E-state index >= 15 is 0 Å². The van der Waals surface area contributed by atoms with Gasteiger partial charge in [-0.3, -0.25) is 10.1 Å². The molecule has 0 bridgehead atoms. The Morgan fingerprint density at radius 3 is 2.56 bits per heavy atom. The second-order valence-electron chi connectivity index (χ2n) is 5.42. The first kappa shape index (κ1) is 14.5. The average molecular weight is 269 g/mol. The monoisotopic (exact) mass is 269 g/mol. The number of benzene rings is 1. The number of phenols is 1. The third-order valence-electron chi connectivity index (χ3n) is 2.48. The summed E-state index contributed by atoms with van der Waals surface area (Å²) in [5, 5.41) is 20.1. The van der Waals surface area contributed by atoms with Crippen LogP contribution in [-0.4, -0.2) is 24.7 Å². The molecular weight excluding hydrogens is 250 g/mol. The second kappa shape index (κ2) is 5.86. The van der Waals surface area contributed by atoms with Crippen LogP contribution < -0.4 is 4.74 Å². The number of nitrogens with zero attached hydrogens (tertiary/aromatic N) is 1. The maximum absolute atomic E-state index is 10.5. The quantitative estimate of drug-likeness (QED) is 0.372. The van der Waals surface area contributed by atoms with Gasteiger partial charge in [0.05, 0.1) is 17.6 Å². The van der Waals surface area contributed by atoms with E-state index in [-0.39, 0.29) is 11.4 Å². The summed E-state index contributed by atoms with van der Waals surface area (Å²) in [7, 11) is -1.06. The van der Waals surface area contributed by atoms with E-state index in [9.17, 15) is 15.2 Å². The molecule has 0 aromatic heterocycles. The minimum atomic E-state index is -1.06. The summed E-state index contributed by atoms with van der Waals surface area (Å²) in [5.41, 5.74) is -0.137. The van der Waals surface area contributed by atoms with Crippen LogP contribution in [0.15, 0.2) is 18.2 Å². The van der Waals surface area contributed by atoms with Crippen molar-refractivity contribution in [2.45, 2.75) is 32.1 Å². The van der Waals surface area contributed by atoms with Crippen LogP contribution in [-0.2, 0) is 0 Å². The number of aromatic hydroxyl groups is 1. The Morgan fingerprint density at radius 2 is 2.06 bits per heavy atom. The molecule has 0 heterocycles. The maximum atomic E-state index is 10.5. The van der Waals surface area contributed by atoms with Gasteiger partial charge in [0, 0.05) is 14.1 Å². The Kier molecular flexibility index (Phi) is 4.72. The Hall–Kier alpha value is -1.56. The maximum Gasteiger partial charge on any atom is 0.273 e. The summed E-state index contributed by atoms with van der Waals surface area (Å²) in [6, 6.07) is 5.02. The van der Waals surface area contributed by atoms with Crippen LogP contribution >= 0.6 is 0 Å². The van der Waals surface area contributed by atoms with Gasteiger partial charge in [-0.15, -0.1) is 0 Å². The lowest BCUT2D eigenvalue weighted by atomic mass is 10.3. The van der Waals surface area contributed by atoms with Crippen LogP contribution in [0.2, 0.25) is 25.7 Å². The van der Waals surface area contributed by atoms with E-state index in [0.29, 0.717) is 12.4 Å². The predicted molar refractivity (Wildman–Crippen MR) is 73.0 cm³/mol. The van der Waals surface area contributed by atoms with Gasteiger partial charge in [-0.1, -0.05) is 25.7 Å². The minimum Gasteiger partial charge on any atom is -0.504 e. The molecule has 0 aliphatic rings. The van der Waals surface area contributed by atoms with E-state index in [0.717, 1.165) is 18.5 Å². The number of hydrogen-bond donors (Lipinski definition) is 1. The van der Waals surface area contributed by atoms with Crippen LogP contribution in [0, 0.1) is 10.1 Å². The van der Waals surface area contributed by atoms with Crippen LogP contribution in [0.4, 0.5) is 5.69 Å². The summed E-state index contributed by atoms with van der Waals surface area (Å²) in [6.07, 6.45) is 0.937. The van der Waals surface area contributed by atoms with Crippen molar-refractivity contribution in [3.63, 3.8) is 0 Å². The number of rotatable bonds is 6. The smallest absolute Gasteiger partial charge is 0.273 e. The van der Waals surface area contributed by atoms with Gasteiger partial charge in [0.25, 0.3) is 5.69 Å². The molecule has 5 nitrogen and oxygen atoms in total. The fraction of sp³-hybridized carbons (Fsp3) is 0.500. The molecule has 1 aromatic carbocycles. The molecule has 100 valence electrons. The third kappa shape index (κ3) is 4.75. The zero-order chi connectivity index (χ0) is 13.8.